The number of hydrogen-bond donors (Lipinski definition) is 0. The molecule has 27 heavy (non-hydrogen) atoms. The molecule has 0 saturated heterocycles. The zero-order valence-corrected chi connectivity index (χ0v) is 14.6. The van der Waals surface area contributed by atoms with E-state index in [1.807, 2.05) is 48.5 Å². The topological polar surface area (TPSA) is 51.7 Å². The van der Waals surface area contributed by atoms with Gasteiger partial charge in [0.15, 0.2) is 0 Å². The standard InChI is InChI=1S/C22H18N2O3/c25-22(19-15-26-27-16-19)24(20-10-12-23-13-11-20)14-18-8-4-5-9-21(18)17-6-2-1-3-7-17/h1-13,15H,14,16H2. The lowest BCUT2D eigenvalue weighted by Gasteiger charge is -2.24. The molecule has 0 bridgehead atoms. The van der Waals surface area contributed by atoms with Crippen LogP contribution in [0.1, 0.15) is 5.56 Å². The van der Waals surface area contributed by atoms with Crippen LogP contribution in [-0.4, -0.2) is 17.5 Å². The monoisotopic (exact) mass is 358 g/mol. The summed E-state index contributed by atoms with van der Waals surface area (Å²) in [7, 11) is 0. The highest BCUT2D eigenvalue weighted by Gasteiger charge is 2.24. The quantitative estimate of drug-likeness (QED) is 0.644. The van der Waals surface area contributed by atoms with Crippen LogP contribution in [0.3, 0.4) is 0 Å². The fourth-order valence-electron chi connectivity index (χ4n) is 3.04. The normalized spacial score (nSPS) is 13.0. The second kappa shape index (κ2) is 7.85. The Morgan fingerprint density at radius 2 is 1.70 bits per heavy atom. The molecule has 0 radical (unpaired) electrons. The van der Waals surface area contributed by atoms with Crippen molar-refractivity contribution in [2.75, 3.05) is 11.5 Å². The van der Waals surface area contributed by atoms with Crippen LogP contribution in [0.15, 0.2) is 91.0 Å². The van der Waals surface area contributed by atoms with Gasteiger partial charge in [-0.1, -0.05) is 54.6 Å². The molecule has 0 fully saturated rings. The third-order valence-corrected chi connectivity index (χ3v) is 4.40. The summed E-state index contributed by atoms with van der Waals surface area (Å²) in [6.07, 6.45) is 4.71. The highest BCUT2D eigenvalue weighted by molar-refractivity contribution is 6.05. The van der Waals surface area contributed by atoms with Crippen LogP contribution in [0, 0.1) is 0 Å². The van der Waals surface area contributed by atoms with Crippen LogP contribution in [-0.2, 0) is 21.1 Å². The van der Waals surface area contributed by atoms with Crippen molar-refractivity contribution in [1.29, 1.82) is 0 Å². The first-order valence-corrected chi connectivity index (χ1v) is 8.65. The first-order chi connectivity index (χ1) is 13.3. The summed E-state index contributed by atoms with van der Waals surface area (Å²) in [5.41, 5.74) is 4.50. The number of hydrogen-bond acceptors (Lipinski definition) is 4. The number of anilines is 1. The van der Waals surface area contributed by atoms with Crippen molar-refractivity contribution in [3.05, 3.63) is 96.5 Å². The highest BCUT2D eigenvalue weighted by atomic mass is 17.2. The van der Waals surface area contributed by atoms with Gasteiger partial charge in [-0.3, -0.25) is 9.78 Å². The summed E-state index contributed by atoms with van der Waals surface area (Å²) in [5.74, 6) is -0.151. The number of carbonyl (C=O) groups excluding carboxylic acids is 1. The van der Waals surface area contributed by atoms with E-state index in [0.717, 1.165) is 22.4 Å². The molecule has 1 aromatic heterocycles. The number of rotatable bonds is 5. The van der Waals surface area contributed by atoms with E-state index >= 15 is 0 Å². The van der Waals surface area contributed by atoms with Gasteiger partial charge in [0.2, 0.25) is 0 Å². The van der Waals surface area contributed by atoms with Gasteiger partial charge in [-0.25, -0.2) is 0 Å². The Balaban J connectivity index is 1.72. The molecule has 0 saturated carbocycles. The van der Waals surface area contributed by atoms with E-state index in [-0.39, 0.29) is 12.5 Å². The van der Waals surface area contributed by atoms with Crippen LogP contribution in [0.5, 0.6) is 0 Å². The molecular formula is C22H18N2O3. The Bertz CT molecular complexity index is 956. The molecule has 1 amide bonds. The minimum absolute atomic E-state index is 0.140. The molecule has 134 valence electrons. The second-order valence-corrected chi connectivity index (χ2v) is 6.12. The lowest BCUT2D eigenvalue weighted by Crippen LogP contribution is -2.32. The van der Waals surface area contributed by atoms with Crippen molar-refractivity contribution in [3.63, 3.8) is 0 Å². The molecule has 0 unspecified atom stereocenters. The number of pyridine rings is 1. The molecule has 4 rings (SSSR count). The Morgan fingerprint density at radius 3 is 2.44 bits per heavy atom. The number of benzene rings is 2. The molecular weight excluding hydrogens is 340 g/mol. The maximum absolute atomic E-state index is 13.1. The Hall–Kier alpha value is -3.44. The van der Waals surface area contributed by atoms with Gasteiger partial charge in [0.25, 0.3) is 5.91 Å². The van der Waals surface area contributed by atoms with E-state index in [1.165, 1.54) is 6.26 Å². The molecule has 2 heterocycles. The largest absolute Gasteiger partial charge is 0.345 e. The van der Waals surface area contributed by atoms with Gasteiger partial charge in [-0.05, 0) is 28.8 Å². The zero-order valence-electron chi connectivity index (χ0n) is 14.6. The minimum Gasteiger partial charge on any atom is -0.345 e. The van der Waals surface area contributed by atoms with Gasteiger partial charge >= 0.3 is 0 Å². The first kappa shape index (κ1) is 17.0. The van der Waals surface area contributed by atoms with E-state index in [4.69, 9.17) is 9.78 Å². The van der Waals surface area contributed by atoms with E-state index in [9.17, 15) is 4.79 Å². The summed E-state index contributed by atoms with van der Waals surface area (Å²) in [5, 5.41) is 0. The molecule has 1 aliphatic heterocycles. The summed E-state index contributed by atoms with van der Waals surface area (Å²) in [6, 6.07) is 21.9. The average molecular weight is 358 g/mol. The number of aromatic nitrogens is 1. The van der Waals surface area contributed by atoms with Gasteiger partial charge in [-0.2, -0.15) is 4.89 Å². The van der Waals surface area contributed by atoms with Crippen LogP contribution in [0.4, 0.5) is 5.69 Å². The minimum atomic E-state index is -0.151. The van der Waals surface area contributed by atoms with E-state index < -0.39 is 0 Å². The predicted octanol–water partition coefficient (Wildman–Crippen LogP) is 4.13. The van der Waals surface area contributed by atoms with Gasteiger partial charge in [-0.15, -0.1) is 0 Å². The fourth-order valence-corrected chi connectivity index (χ4v) is 3.04. The van der Waals surface area contributed by atoms with Gasteiger partial charge < -0.3 is 9.79 Å². The Kier molecular flexibility index (Phi) is 4.94. The fraction of sp³-hybridized carbons (Fsp3) is 0.0909. The van der Waals surface area contributed by atoms with Crippen LogP contribution >= 0.6 is 0 Å². The van der Waals surface area contributed by atoms with Crippen molar-refractivity contribution in [2.24, 2.45) is 0 Å². The molecule has 2 aromatic carbocycles. The molecule has 0 spiro atoms. The highest BCUT2D eigenvalue weighted by Crippen LogP contribution is 2.27. The maximum atomic E-state index is 13.1. The van der Waals surface area contributed by atoms with Crippen LogP contribution in [0.2, 0.25) is 0 Å². The third kappa shape index (κ3) is 3.73. The van der Waals surface area contributed by atoms with Crippen molar-refractivity contribution in [3.8, 4) is 11.1 Å². The Labute approximate surface area is 157 Å². The van der Waals surface area contributed by atoms with Crippen molar-refractivity contribution in [2.45, 2.75) is 6.54 Å². The first-order valence-electron chi connectivity index (χ1n) is 8.65. The molecule has 0 N–H and O–H groups in total. The average Bonchev–Trinajstić information content (AvgIpc) is 3.28. The number of amides is 1. The summed E-state index contributed by atoms with van der Waals surface area (Å²) in [6.45, 7) is 0.562. The van der Waals surface area contributed by atoms with Gasteiger partial charge in [0.05, 0.1) is 12.1 Å². The zero-order chi connectivity index (χ0) is 18.5. The lowest BCUT2D eigenvalue weighted by molar-refractivity contribution is -0.221. The molecule has 1 aliphatic rings. The lowest BCUT2D eigenvalue weighted by atomic mass is 9.99. The molecule has 0 atom stereocenters. The number of nitrogens with zero attached hydrogens (tertiary/aromatic N) is 2. The predicted molar refractivity (Wildman–Crippen MR) is 102 cm³/mol. The molecule has 5 nitrogen and oxygen atoms in total. The SMILES string of the molecule is O=C(C1=COOC1)N(Cc1ccccc1-c1ccccc1)c1ccncc1. The molecule has 5 heteroatoms. The van der Waals surface area contributed by atoms with E-state index in [1.54, 1.807) is 17.3 Å². The van der Waals surface area contributed by atoms with Crippen LogP contribution in [0.25, 0.3) is 11.1 Å². The second-order valence-electron chi connectivity index (χ2n) is 6.12. The molecule has 0 aliphatic carbocycles. The van der Waals surface area contributed by atoms with E-state index in [2.05, 4.69) is 23.2 Å². The molecule has 3 aromatic rings. The maximum Gasteiger partial charge on any atom is 0.260 e. The van der Waals surface area contributed by atoms with Gasteiger partial charge in [0.1, 0.15) is 12.9 Å². The smallest absolute Gasteiger partial charge is 0.260 e. The van der Waals surface area contributed by atoms with Crippen molar-refractivity contribution in [1.82, 2.24) is 4.98 Å². The van der Waals surface area contributed by atoms with Gasteiger partial charge in [0, 0.05) is 18.1 Å². The number of carbonyl (C=O) groups is 1. The summed E-state index contributed by atoms with van der Waals surface area (Å²) >= 11 is 0. The van der Waals surface area contributed by atoms with Crippen molar-refractivity contribution >= 4 is 11.6 Å². The van der Waals surface area contributed by atoms with Crippen LogP contribution < -0.4 is 4.90 Å². The third-order valence-electron chi connectivity index (χ3n) is 4.40. The Morgan fingerprint density at radius 1 is 0.963 bits per heavy atom. The summed E-state index contributed by atoms with van der Waals surface area (Å²) < 4.78 is 0. The summed E-state index contributed by atoms with van der Waals surface area (Å²) in [4.78, 5) is 28.5. The van der Waals surface area contributed by atoms with E-state index in [0.29, 0.717) is 12.1 Å². The van der Waals surface area contributed by atoms with Crippen molar-refractivity contribution < 1.29 is 14.6 Å².